The molecule has 1 aromatic carbocycles. The fraction of sp³-hybridized carbons (Fsp3) is 0.263. The van der Waals surface area contributed by atoms with Gasteiger partial charge >= 0.3 is 5.97 Å². The van der Waals surface area contributed by atoms with Crippen molar-refractivity contribution in [2.75, 3.05) is 13.7 Å². The maximum atomic E-state index is 13.2. The van der Waals surface area contributed by atoms with Crippen molar-refractivity contribution in [1.29, 1.82) is 0 Å². The molecule has 0 radical (unpaired) electrons. The van der Waals surface area contributed by atoms with Crippen LogP contribution in [0.1, 0.15) is 22.7 Å². The van der Waals surface area contributed by atoms with Crippen LogP contribution in [0, 0.1) is 6.92 Å². The van der Waals surface area contributed by atoms with Gasteiger partial charge in [-0.15, -0.1) is 0 Å². The van der Waals surface area contributed by atoms with Gasteiger partial charge in [-0.2, -0.15) is 0 Å². The Bertz CT molecular complexity index is 979. The molecule has 0 amide bonds. The predicted octanol–water partition coefficient (Wildman–Crippen LogP) is 1.67. The number of hydrogen-bond donors (Lipinski definition) is 2. The first kappa shape index (κ1) is 19.0. The summed E-state index contributed by atoms with van der Waals surface area (Å²) in [5.41, 5.74) is 7.19. The van der Waals surface area contributed by atoms with Crippen LogP contribution in [0.4, 0.5) is 0 Å². The quantitative estimate of drug-likeness (QED) is 0.769. The van der Waals surface area contributed by atoms with Gasteiger partial charge in [0.1, 0.15) is 11.3 Å². The Morgan fingerprint density at radius 1 is 1.37 bits per heavy atom. The van der Waals surface area contributed by atoms with Gasteiger partial charge in [0.25, 0.3) is 5.56 Å². The van der Waals surface area contributed by atoms with Crippen LogP contribution in [0.5, 0.6) is 5.75 Å². The molecule has 1 unspecified atom stereocenters. The molecule has 0 saturated carbocycles. The van der Waals surface area contributed by atoms with Gasteiger partial charge < -0.3 is 24.9 Å². The van der Waals surface area contributed by atoms with E-state index >= 15 is 0 Å². The number of nitrogens with zero attached hydrogens (tertiary/aromatic N) is 1. The zero-order chi connectivity index (χ0) is 19.7. The molecule has 0 saturated heterocycles. The van der Waals surface area contributed by atoms with Crippen molar-refractivity contribution in [3.63, 3.8) is 0 Å². The molecule has 8 heteroatoms. The Morgan fingerprint density at radius 3 is 2.63 bits per heavy atom. The van der Waals surface area contributed by atoms with Crippen molar-refractivity contribution >= 4 is 17.6 Å². The van der Waals surface area contributed by atoms with Crippen molar-refractivity contribution in [1.82, 2.24) is 4.57 Å². The summed E-state index contributed by atoms with van der Waals surface area (Å²) in [6.45, 7) is 1.65. The van der Waals surface area contributed by atoms with Gasteiger partial charge in [-0.3, -0.25) is 4.79 Å². The number of carbonyl (C=O) groups excluding carboxylic acids is 1. The molecule has 1 aliphatic heterocycles. The number of aliphatic hydroxyl groups excluding tert-OH is 1. The van der Waals surface area contributed by atoms with E-state index in [0.717, 1.165) is 0 Å². The van der Waals surface area contributed by atoms with Crippen LogP contribution in [-0.2, 0) is 16.1 Å². The molecule has 0 spiro atoms. The van der Waals surface area contributed by atoms with Gasteiger partial charge in [-0.25, -0.2) is 4.79 Å². The summed E-state index contributed by atoms with van der Waals surface area (Å²) in [6.07, 6.45) is 0. The minimum Gasteiger partial charge on any atom is -0.465 e. The van der Waals surface area contributed by atoms with Crippen LogP contribution >= 0.6 is 11.6 Å². The van der Waals surface area contributed by atoms with Crippen LogP contribution in [-0.4, -0.2) is 29.4 Å². The zero-order valence-electron chi connectivity index (χ0n) is 14.9. The van der Waals surface area contributed by atoms with Gasteiger partial charge in [-0.1, -0.05) is 23.7 Å². The lowest BCUT2D eigenvalue weighted by molar-refractivity contribution is -0.136. The molecule has 0 aliphatic carbocycles. The number of aliphatic hydroxyl groups is 1. The number of benzene rings is 1. The molecule has 2 heterocycles. The average molecular weight is 391 g/mol. The number of esters is 1. The van der Waals surface area contributed by atoms with Gasteiger partial charge in [-0.05, 0) is 24.6 Å². The molecule has 1 atom stereocenters. The van der Waals surface area contributed by atoms with Crippen molar-refractivity contribution in [3.8, 4) is 5.75 Å². The minimum atomic E-state index is -0.781. The predicted molar refractivity (Wildman–Crippen MR) is 99.7 cm³/mol. The first-order valence-corrected chi connectivity index (χ1v) is 8.63. The molecule has 3 rings (SSSR count). The third kappa shape index (κ3) is 3.31. The van der Waals surface area contributed by atoms with E-state index in [0.29, 0.717) is 16.3 Å². The van der Waals surface area contributed by atoms with E-state index in [1.165, 1.54) is 11.7 Å². The number of aromatic nitrogens is 1. The fourth-order valence-corrected chi connectivity index (χ4v) is 3.39. The number of nitrogens with two attached hydrogens (primary N) is 1. The second-order valence-electron chi connectivity index (χ2n) is 6.10. The minimum absolute atomic E-state index is 0.0452. The van der Waals surface area contributed by atoms with Crippen LogP contribution < -0.4 is 16.0 Å². The molecule has 0 bridgehead atoms. The highest BCUT2D eigenvalue weighted by molar-refractivity contribution is 6.30. The van der Waals surface area contributed by atoms with Crippen molar-refractivity contribution in [2.24, 2.45) is 5.73 Å². The van der Waals surface area contributed by atoms with Crippen LogP contribution in [0.25, 0.3) is 0 Å². The Morgan fingerprint density at radius 2 is 2.04 bits per heavy atom. The lowest BCUT2D eigenvalue weighted by Gasteiger charge is -2.29. The Balaban J connectivity index is 2.32. The molecule has 7 nitrogen and oxygen atoms in total. The van der Waals surface area contributed by atoms with E-state index in [2.05, 4.69) is 0 Å². The topological polar surface area (TPSA) is 104 Å². The lowest BCUT2D eigenvalue weighted by Crippen LogP contribution is -2.35. The summed E-state index contributed by atoms with van der Waals surface area (Å²) >= 11 is 5.98. The van der Waals surface area contributed by atoms with E-state index in [1.807, 2.05) is 0 Å². The van der Waals surface area contributed by atoms with E-state index in [-0.39, 0.29) is 41.5 Å². The Labute approximate surface area is 160 Å². The standard InChI is InChI=1S/C19H19ClN2O5/c1-10-9-13-15(18(24)22(10)7-8-23)14(11-3-5-12(20)6-4-11)16(17(21)27-13)19(25)26-2/h3-6,9,14,23H,7-8,21H2,1-2H3. The first-order chi connectivity index (χ1) is 12.9. The fourth-order valence-electron chi connectivity index (χ4n) is 3.26. The molecule has 0 fully saturated rings. The van der Waals surface area contributed by atoms with Gasteiger partial charge in [0, 0.05) is 23.3 Å². The summed E-state index contributed by atoms with van der Waals surface area (Å²) in [4.78, 5) is 25.6. The number of hydrogen-bond acceptors (Lipinski definition) is 6. The normalized spacial score (nSPS) is 15.9. The highest BCUT2D eigenvalue weighted by atomic mass is 35.5. The van der Waals surface area contributed by atoms with Gasteiger partial charge in [0.2, 0.25) is 5.88 Å². The number of carbonyl (C=O) groups is 1. The Hall–Kier alpha value is -2.77. The smallest absolute Gasteiger partial charge is 0.340 e. The Kier molecular flexibility index (Phi) is 5.25. The van der Waals surface area contributed by atoms with Crippen molar-refractivity contribution < 1.29 is 19.4 Å². The summed E-state index contributed by atoms with van der Waals surface area (Å²) < 4.78 is 11.9. The van der Waals surface area contributed by atoms with E-state index in [4.69, 9.17) is 26.8 Å². The highest BCUT2D eigenvalue weighted by Crippen LogP contribution is 2.41. The van der Waals surface area contributed by atoms with Crippen LogP contribution in [0.2, 0.25) is 5.02 Å². The average Bonchev–Trinajstić information content (AvgIpc) is 2.64. The largest absolute Gasteiger partial charge is 0.465 e. The summed E-state index contributed by atoms with van der Waals surface area (Å²) in [6, 6.07) is 8.42. The lowest BCUT2D eigenvalue weighted by atomic mass is 9.83. The second-order valence-corrected chi connectivity index (χ2v) is 6.54. The van der Waals surface area contributed by atoms with E-state index < -0.39 is 11.9 Å². The highest BCUT2D eigenvalue weighted by Gasteiger charge is 2.38. The third-order valence-electron chi connectivity index (χ3n) is 4.50. The molecule has 1 aromatic heterocycles. The molecule has 2 aromatic rings. The van der Waals surface area contributed by atoms with Gasteiger partial charge in [0.05, 0.1) is 25.2 Å². The summed E-state index contributed by atoms with van der Waals surface area (Å²) in [5, 5.41) is 9.82. The van der Waals surface area contributed by atoms with E-state index in [1.54, 1.807) is 37.3 Å². The molecular formula is C19H19ClN2O5. The van der Waals surface area contributed by atoms with Crippen LogP contribution in [0.3, 0.4) is 0 Å². The zero-order valence-corrected chi connectivity index (χ0v) is 15.6. The van der Waals surface area contributed by atoms with Gasteiger partial charge in [0.15, 0.2) is 0 Å². The maximum absolute atomic E-state index is 13.2. The monoisotopic (exact) mass is 390 g/mol. The number of aryl methyl sites for hydroxylation is 1. The molecule has 27 heavy (non-hydrogen) atoms. The summed E-state index contributed by atoms with van der Waals surface area (Å²) in [7, 11) is 1.23. The number of fused-ring (bicyclic) bond motifs is 1. The van der Waals surface area contributed by atoms with Crippen molar-refractivity contribution in [3.05, 3.63) is 74.0 Å². The number of halogens is 1. The first-order valence-electron chi connectivity index (χ1n) is 8.25. The molecule has 1 aliphatic rings. The number of ether oxygens (including phenoxy) is 2. The number of pyridine rings is 1. The number of rotatable bonds is 4. The number of methoxy groups -OCH3 is 1. The van der Waals surface area contributed by atoms with Crippen LogP contribution in [0.15, 0.2) is 46.6 Å². The van der Waals surface area contributed by atoms with E-state index in [9.17, 15) is 14.7 Å². The molecular weight excluding hydrogens is 372 g/mol. The SMILES string of the molecule is COC(=O)C1=C(N)Oc2cc(C)n(CCO)c(=O)c2C1c1ccc(Cl)cc1. The summed E-state index contributed by atoms with van der Waals surface area (Å²) in [5.74, 6) is -1.31. The third-order valence-corrected chi connectivity index (χ3v) is 4.75. The molecule has 142 valence electrons. The molecule has 3 N–H and O–H groups in total. The maximum Gasteiger partial charge on any atom is 0.340 e. The second kappa shape index (κ2) is 7.46. The van der Waals surface area contributed by atoms with Crippen molar-refractivity contribution in [2.45, 2.75) is 19.4 Å².